The summed E-state index contributed by atoms with van der Waals surface area (Å²) in [5.74, 6) is 1.35. The van der Waals surface area contributed by atoms with Crippen LogP contribution in [0.15, 0.2) is 78.9 Å². The van der Waals surface area contributed by atoms with Gasteiger partial charge in [0, 0.05) is 17.1 Å². The molecule has 0 fully saturated rings. The van der Waals surface area contributed by atoms with E-state index in [1.165, 1.54) is 16.9 Å². The molecular weight excluding hydrogens is 446 g/mol. The van der Waals surface area contributed by atoms with E-state index < -0.39 is 0 Å². The van der Waals surface area contributed by atoms with Gasteiger partial charge in [-0.05, 0) is 66.9 Å². The fraction of sp³-hybridized carbons (Fsp3) is 0.154. The van der Waals surface area contributed by atoms with Crippen molar-refractivity contribution in [3.8, 4) is 10.8 Å². The zero-order valence-corrected chi connectivity index (χ0v) is 19.5. The van der Waals surface area contributed by atoms with Gasteiger partial charge in [-0.1, -0.05) is 30.3 Å². The smallest absolute Gasteiger partial charge is 0.255 e. The molecule has 0 radical (unpaired) electrons. The van der Waals surface area contributed by atoms with E-state index in [-0.39, 0.29) is 11.7 Å². The Kier molecular flexibility index (Phi) is 7.62. The molecule has 0 unspecified atom stereocenters. The molecule has 7 nitrogen and oxygen atoms in total. The molecule has 2 heterocycles. The van der Waals surface area contributed by atoms with Crippen LogP contribution in [-0.4, -0.2) is 17.4 Å². The topological polar surface area (TPSA) is 115 Å². The van der Waals surface area contributed by atoms with Gasteiger partial charge in [0.15, 0.2) is 5.06 Å². The summed E-state index contributed by atoms with van der Waals surface area (Å²) in [6, 6.07) is 24.7. The van der Waals surface area contributed by atoms with Crippen LogP contribution in [0.4, 0.5) is 17.3 Å². The fourth-order valence-corrected chi connectivity index (χ4v) is 4.15. The zero-order chi connectivity index (χ0) is 23.8. The minimum atomic E-state index is -0.265. The lowest BCUT2D eigenvalue weighted by atomic mass is 10.1. The molecule has 0 aliphatic carbocycles. The first kappa shape index (κ1) is 23.1. The Bertz CT molecular complexity index is 1230. The number of para-hydroxylation sites is 1. The van der Waals surface area contributed by atoms with Crippen molar-refractivity contribution in [1.82, 2.24) is 10.3 Å². The van der Waals surface area contributed by atoms with Crippen LogP contribution in [0.25, 0.3) is 0 Å². The molecule has 34 heavy (non-hydrogen) atoms. The molecule has 2 aromatic carbocycles. The Labute approximate surface area is 202 Å². The Morgan fingerprint density at radius 3 is 2.50 bits per heavy atom. The number of benzene rings is 2. The second-order valence-corrected chi connectivity index (χ2v) is 8.85. The third kappa shape index (κ3) is 6.49. The molecule has 0 aliphatic rings. The van der Waals surface area contributed by atoms with Crippen LogP contribution in [0.5, 0.6) is 10.8 Å². The molecule has 0 aliphatic heterocycles. The Morgan fingerprint density at radius 2 is 1.74 bits per heavy atom. The summed E-state index contributed by atoms with van der Waals surface area (Å²) >= 11 is 1.48. The first-order valence-electron chi connectivity index (χ1n) is 11.0. The number of carbonyl (C=O) groups is 1. The molecule has 4 aromatic rings. The average molecular weight is 474 g/mol. The molecule has 2 aromatic heterocycles. The zero-order valence-electron chi connectivity index (χ0n) is 18.7. The van der Waals surface area contributed by atoms with Crippen molar-refractivity contribution in [3.05, 3.63) is 94.9 Å². The molecule has 174 valence electrons. The Hall–Kier alpha value is -4.04. The molecule has 0 spiro atoms. The standard InChI is InChI=1S/C26H27N5O2S/c27-19-10-8-18(9-11-19)5-4-16-29-23-14-13-22(25(28)31-23)26(32)30-17-21-12-15-24(34-21)33-20-6-2-1-3-7-20/h1-3,6-15H,4-5,16-17,27H2,(H,30,32)(H3,28,29,31). The molecular formula is C26H27N5O2S. The van der Waals surface area contributed by atoms with Crippen molar-refractivity contribution in [3.63, 3.8) is 0 Å². The first-order valence-corrected chi connectivity index (χ1v) is 11.8. The number of aryl methyl sites for hydroxylation is 1. The highest BCUT2D eigenvalue weighted by molar-refractivity contribution is 7.13. The van der Waals surface area contributed by atoms with Crippen LogP contribution < -0.4 is 26.8 Å². The number of hydrogen-bond acceptors (Lipinski definition) is 7. The summed E-state index contributed by atoms with van der Waals surface area (Å²) < 4.78 is 5.82. The van der Waals surface area contributed by atoms with E-state index in [0.29, 0.717) is 17.9 Å². The predicted molar refractivity (Wildman–Crippen MR) is 138 cm³/mol. The maximum Gasteiger partial charge on any atom is 0.255 e. The summed E-state index contributed by atoms with van der Waals surface area (Å²) in [6.07, 6.45) is 1.87. The number of ether oxygens (including phenoxy) is 1. The minimum absolute atomic E-state index is 0.195. The monoisotopic (exact) mass is 473 g/mol. The third-order valence-electron chi connectivity index (χ3n) is 5.12. The lowest BCUT2D eigenvalue weighted by Gasteiger charge is -2.10. The highest BCUT2D eigenvalue weighted by atomic mass is 32.1. The van der Waals surface area contributed by atoms with E-state index in [1.54, 1.807) is 12.1 Å². The number of nitrogens with one attached hydrogen (secondary N) is 2. The van der Waals surface area contributed by atoms with Gasteiger partial charge in [-0.3, -0.25) is 4.79 Å². The normalized spacial score (nSPS) is 10.6. The average Bonchev–Trinajstić information content (AvgIpc) is 3.29. The maximum atomic E-state index is 12.6. The number of anilines is 3. The maximum absolute atomic E-state index is 12.6. The van der Waals surface area contributed by atoms with Gasteiger partial charge >= 0.3 is 0 Å². The fourth-order valence-electron chi connectivity index (χ4n) is 3.33. The number of nitrogens with zero attached hydrogens (tertiary/aromatic N) is 1. The van der Waals surface area contributed by atoms with Gasteiger partial charge < -0.3 is 26.8 Å². The van der Waals surface area contributed by atoms with E-state index >= 15 is 0 Å². The van der Waals surface area contributed by atoms with Crippen molar-refractivity contribution in [2.24, 2.45) is 0 Å². The molecule has 1 amide bonds. The van der Waals surface area contributed by atoms with E-state index in [0.717, 1.165) is 40.8 Å². The summed E-state index contributed by atoms with van der Waals surface area (Å²) in [5, 5.41) is 6.91. The second-order valence-electron chi connectivity index (χ2n) is 7.72. The largest absolute Gasteiger partial charge is 0.447 e. The quantitative estimate of drug-likeness (QED) is 0.189. The van der Waals surface area contributed by atoms with Gasteiger partial charge in [-0.25, -0.2) is 4.98 Å². The van der Waals surface area contributed by atoms with Gasteiger partial charge in [-0.15, -0.1) is 11.3 Å². The number of amides is 1. The van der Waals surface area contributed by atoms with Gasteiger partial charge in [-0.2, -0.15) is 0 Å². The Balaban J connectivity index is 1.24. The lowest BCUT2D eigenvalue weighted by molar-refractivity contribution is 0.0952. The molecule has 0 saturated heterocycles. The SMILES string of the molecule is Nc1ccc(CCCNc2ccc(C(=O)NCc3ccc(Oc4ccccc4)s3)c(N)n2)cc1. The minimum Gasteiger partial charge on any atom is -0.447 e. The number of pyridine rings is 1. The number of nitrogen functional groups attached to an aromatic ring is 2. The molecule has 8 heteroatoms. The molecule has 0 saturated carbocycles. The van der Waals surface area contributed by atoms with Crippen LogP contribution in [0.3, 0.4) is 0 Å². The van der Waals surface area contributed by atoms with Crippen LogP contribution in [0.2, 0.25) is 0 Å². The van der Waals surface area contributed by atoms with Gasteiger partial charge in [0.2, 0.25) is 0 Å². The van der Waals surface area contributed by atoms with Crippen LogP contribution in [0, 0.1) is 0 Å². The highest BCUT2D eigenvalue weighted by Gasteiger charge is 2.12. The van der Waals surface area contributed by atoms with E-state index in [4.69, 9.17) is 16.2 Å². The second kappa shape index (κ2) is 11.2. The van der Waals surface area contributed by atoms with Crippen molar-refractivity contribution in [2.45, 2.75) is 19.4 Å². The van der Waals surface area contributed by atoms with E-state index in [9.17, 15) is 4.79 Å². The van der Waals surface area contributed by atoms with Gasteiger partial charge in [0.25, 0.3) is 5.91 Å². The lowest BCUT2D eigenvalue weighted by Crippen LogP contribution is -2.24. The number of aromatic nitrogens is 1. The summed E-state index contributed by atoms with van der Waals surface area (Å²) in [4.78, 5) is 17.9. The summed E-state index contributed by atoms with van der Waals surface area (Å²) in [7, 11) is 0. The van der Waals surface area contributed by atoms with Crippen molar-refractivity contribution < 1.29 is 9.53 Å². The van der Waals surface area contributed by atoms with E-state index in [2.05, 4.69) is 15.6 Å². The van der Waals surface area contributed by atoms with Crippen molar-refractivity contribution in [1.29, 1.82) is 0 Å². The van der Waals surface area contributed by atoms with E-state index in [1.807, 2.05) is 66.7 Å². The number of thiophene rings is 1. The highest BCUT2D eigenvalue weighted by Crippen LogP contribution is 2.29. The van der Waals surface area contributed by atoms with Crippen LogP contribution in [-0.2, 0) is 13.0 Å². The van der Waals surface area contributed by atoms with Crippen LogP contribution in [0.1, 0.15) is 27.2 Å². The Morgan fingerprint density at radius 1 is 0.941 bits per heavy atom. The van der Waals surface area contributed by atoms with Gasteiger partial charge in [0.1, 0.15) is 17.4 Å². The van der Waals surface area contributed by atoms with Crippen molar-refractivity contribution in [2.75, 3.05) is 23.3 Å². The molecule has 0 bridgehead atoms. The first-order chi connectivity index (χ1) is 16.6. The summed E-state index contributed by atoms with van der Waals surface area (Å²) in [5.41, 5.74) is 14.1. The third-order valence-corrected chi connectivity index (χ3v) is 6.08. The number of rotatable bonds is 10. The number of hydrogen-bond donors (Lipinski definition) is 4. The van der Waals surface area contributed by atoms with Gasteiger partial charge in [0.05, 0.1) is 12.1 Å². The molecule has 0 atom stereocenters. The number of nitrogens with two attached hydrogens (primary N) is 2. The molecule has 6 N–H and O–H groups in total. The van der Waals surface area contributed by atoms with Crippen LogP contribution >= 0.6 is 11.3 Å². The summed E-state index contributed by atoms with van der Waals surface area (Å²) in [6.45, 7) is 1.13. The molecule has 4 rings (SSSR count). The number of carbonyl (C=O) groups excluding carboxylic acids is 1. The predicted octanol–water partition coefficient (Wildman–Crippen LogP) is 5.07. The van der Waals surface area contributed by atoms with Crippen molar-refractivity contribution >= 4 is 34.6 Å².